The van der Waals surface area contributed by atoms with Crippen LogP contribution < -0.4 is 4.74 Å². The summed E-state index contributed by atoms with van der Waals surface area (Å²) < 4.78 is 5.99. The lowest BCUT2D eigenvalue weighted by atomic mass is 9.66. The van der Waals surface area contributed by atoms with E-state index in [1.165, 1.54) is 43.2 Å². The van der Waals surface area contributed by atoms with Crippen molar-refractivity contribution in [2.45, 2.75) is 89.1 Å². The highest BCUT2D eigenvalue weighted by molar-refractivity contribution is 5.52. The van der Waals surface area contributed by atoms with Crippen LogP contribution in [0.15, 0.2) is 18.2 Å². The molecule has 2 bridgehead atoms. The number of ether oxygens (including phenoxy) is 1. The smallest absolute Gasteiger partial charge is 0.119 e. The van der Waals surface area contributed by atoms with Gasteiger partial charge in [-0.15, -0.1) is 0 Å². The van der Waals surface area contributed by atoms with Gasteiger partial charge < -0.3 is 9.84 Å². The highest BCUT2D eigenvalue weighted by Gasteiger charge is 2.57. The minimum Gasteiger partial charge on any atom is -0.494 e. The molecular weight excluding hydrogens is 284 g/mol. The Kier molecular flexibility index (Phi) is 4.73. The van der Waals surface area contributed by atoms with Crippen LogP contribution in [0.2, 0.25) is 0 Å². The van der Waals surface area contributed by atoms with Crippen LogP contribution in [0.25, 0.3) is 0 Å². The number of hydrogen-bond donors (Lipinski definition) is 1. The van der Waals surface area contributed by atoms with E-state index >= 15 is 0 Å². The van der Waals surface area contributed by atoms with Crippen molar-refractivity contribution in [3.63, 3.8) is 0 Å². The van der Waals surface area contributed by atoms with Crippen molar-refractivity contribution in [2.75, 3.05) is 6.61 Å². The molecule has 3 rings (SSSR count). The van der Waals surface area contributed by atoms with Crippen molar-refractivity contribution in [1.82, 2.24) is 0 Å². The van der Waals surface area contributed by atoms with Gasteiger partial charge in [0.1, 0.15) is 5.75 Å². The molecule has 1 aromatic rings. The molecule has 1 aromatic carbocycles. The maximum Gasteiger partial charge on any atom is 0.119 e. The highest BCUT2D eigenvalue weighted by Crippen LogP contribution is 2.58. The maximum atomic E-state index is 10.9. The lowest BCUT2D eigenvalue weighted by Crippen LogP contribution is -2.46. The van der Waals surface area contributed by atoms with Crippen LogP contribution in [0.4, 0.5) is 0 Å². The van der Waals surface area contributed by atoms with Crippen LogP contribution in [-0.2, 0) is 10.8 Å². The Labute approximate surface area is 141 Å². The fourth-order valence-corrected chi connectivity index (χ4v) is 4.84. The van der Waals surface area contributed by atoms with E-state index in [4.69, 9.17) is 4.74 Å². The topological polar surface area (TPSA) is 29.5 Å². The molecule has 2 heteroatoms. The Balaban J connectivity index is 1.69. The molecule has 1 fully saturated rings. The molecule has 2 aliphatic carbocycles. The summed E-state index contributed by atoms with van der Waals surface area (Å²) in [6, 6.07) is 6.52. The summed E-state index contributed by atoms with van der Waals surface area (Å²) in [4.78, 5) is 0. The average molecular weight is 316 g/mol. The first-order chi connectivity index (χ1) is 11.0. The second-order valence-corrected chi connectivity index (χ2v) is 8.06. The molecule has 0 aliphatic heterocycles. The summed E-state index contributed by atoms with van der Waals surface area (Å²) in [5, 5.41) is 10.9. The third kappa shape index (κ3) is 2.80. The molecule has 0 amide bonds. The van der Waals surface area contributed by atoms with Gasteiger partial charge in [-0.05, 0) is 42.5 Å². The second-order valence-electron chi connectivity index (χ2n) is 8.06. The molecule has 2 aliphatic rings. The zero-order valence-corrected chi connectivity index (χ0v) is 15.0. The lowest BCUT2D eigenvalue weighted by Gasteiger charge is -2.41. The first-order valence-corrected chi connectivity index (χ1v) is 9.48. The summed E-state index contributed by atoms with van der Waals surface area (Å²) in [7, 11) is 0. The normalized spacial score (nSPS) is 31.9. The predicted octanol–water partition coefficient (Wildman–Crippen LogP) is 5.11. The van der Waals surface area contributed by atoms with Crippen molar-refractivity contribution in [3.05, 3.63) is 29.3 Å². The number of unbranched alkanes of at least 4 members (excludes halogenated alkanes) is 4. The molecule has 0 saturated heterocycles. The Morgan fingerprint density at radius 3 is 2.48 bits per heavy atom. The molecule has 0 heterocycles. The molecular formula is C21H32O2. The van der Waals surface area contributed by atoms with Crippen molar-refractivity contribution < 1.29 is 9.84 Å². The minimum absolute atomic E-state index is 0.0684. The van der Waals surface area contributed by atoms with E-state index in [9.17, 15) is 5.11 Å². The average Bonchev–Trinajstić information content (AvgIpc) is 2.64. The van der Waals surface area contributed by atoms with Gasteiger partial charge in [0.2, 0.25) is 0 Å². The third-order valence-electron chi connectivity index (χ3n) is 6.34. The van der Waals surface area contributed by atoms with Crippen LogP contribution in [0.1, 0.15) is 83.3 Å². The quantitative estimate of drug-likeness (QED) is 0.708. The molecule has 128 valence electrons. The van der Waals surface area contributed by atoms with Crippen LogP contribution in [0, 0.1) is 0 Å². The van der Waals surface area contributed by atoms with E-state index in [0.29, 0.717) is 0 Å². The molecule has 3 unspecified atom stereocenters. The predicted molar refractivity (Wildman–Crippen MR) is 95.3 cm³/mol. The van der Waals surface area contributed by atoms with Gasteiger partial charge in [-0.3, -0.25) is 0 Å². The second kappa shape index (κ2) is 6.47. The number of hydrogen-bond acceptors (Lipinski definition) is 2. The van der Waals surface area contributed by atoms with Gasteiger partial charge in [0.15, 0.2) is 0 Å². The molecule has 1 N–H and O–H groups in total. The largest absolute Gasteiger partial charge is 0.494 e. The summed E-state index contributed by atoms with van der Waals surface area (Å²) in [5.74, 6) is 0.976. The van der Waals surface area contributed by atoms with Gasteiger partial charge >= 0.3 is 0 Å². The van der Waals surface area contributed by atoms with Crippen molar-refractivity contribution in [2.24, 2.45) is 0 Å². The van der Waals surface area contributed by atoms with Crippen LogP contribution in [0.5, 0.6) is 5.75 Å². The van der Waals surface area contributed by atoms with Gasteiger partial charge in [0.25, 0.3) is 0 Å². The van der Waals surface area contributed by atoms with E-state index in [1.54, 1.807) is 0 Å². The molecule has 1 saturated carbocycles. The Hall–Kier alpha value is -1.02. The maximum absolute atomic E-state index is 10.9. The van der Waals surface area contributed by atoms with E-state index in [-0.39, 0.29) is 16.9 Å². The Morgan fingerprint density at radius 2 is 1.74 bits per heavy atom. The van der Waals surface area contributed by atoms with E-state index in [1.807, 2.05) is 0 Å². The summed E-state index contributed by atoms with van der Waals surface area (Å²) in [5.41, 5.74) is 2.51. The van der Waals surface area contributed by atoms with Gasteiger partial charge in [-0.25, -0.2) is 0 Å². The summed E-state index contributed by atoms with van der Waals surface area (Å²) in [6.07, 6.45) is 9.43. The van der Waals surface area contributed by atoms with Crippen molar-refractivity contribution in [1.29, 1.82) is 0 Å². The standard InChI is InChI=1S/C21H32O2/c1-4-5-6-7-8-14-23-16-10-11-17-18(15-16)21(3)13-9-12-20(17,2)19(21)22/h10-11,15,19,22H,4-9,12-14H2,1-3H3. The van der Waals surface area contributed by atoms with Gasteiger partial charge in [-0.1, -0.05) is 58.9 Å². The number of rotatable bonds is 7. The van der Waals surface area contributed by atoms with Crippen LogP contribution in [0.3, 0.4) is 0 Å². The fourth-order valence-electron chi connectivity index (χ4n) is 4.84. The molecule has 3 atom stereocenters. The van der Waals surface area contributed by atoms with Crippen LogP contribution in [-0.4, -0.2) is 17.8 Å². The Bertz CT molecular complexity index is 553. The SMILES string of the molecule is CCCCCCCOc1ccc2c(c1)C1(C)CCCC2(C)C1O. The van der Waals surface area contributed by atoms with E-state index in [2.05, 4.69) is 39.0 Å². The van der Waals surface area contributed by atoms with Gasteiger partial charge in [0, 0.05) is 10.8 Å². The van der Waals surface area contributed by atoms with E-state index < -0.39 is 0 Å². The first kappa shape index (κ1) is 16.8. The Morgan fingerprint density at radius 1 is 1.04 bits per heavy atom. The van der Waals surface area contributed by atoms with Gasteiger partial charge in [0.05, 0.1) is 12.7 Å². The molecule has 2 nitrogen and oxygen atoms in total. The van der Waals surface area contributed by atoms with Crippen LogP contribution >= 0.6 is 0 Å². The zero-order chi connectivity index (χ0) is 16.5. The van der Waals surface area contributed by atoms with Gasteiger partial charge in [-0.2, -0.15) is 0 Å². The number of aliphatic hydroxyl groups is 1. The fraction of sp³-hybridized carbons (Fsp3) is 0.714. The first-order valence-electron chi connectivity index (χ1n) is 9.48. The monoisotopic (exact) mass is 316 g/mol. The lowest BCUT2D eigenvalue weighted by molar-refractivity contribution is 0.00835. The summed E-state index contributed by atoms with van der Waals surface area (Å²) >= 11 is 0. The minimum atomic E-state index is -0.261. The molecule has 23 heavy (non-hydrogen) atoms. The number of fused-ring (bicyclic) bond motifs is 5. The number of aliphatic hydroxyl groups excluding tert-OH is 1. The molecule has 0 radical (unpaired) electrons. The molecule has 0 aromatic heterocycles. The van der Waals surface area contributed by atoms with Crippen molar-refractivity contribution in [3.8, 4) is 5.75 Å². The summed E-state index contributed by atoms with van der Waals surface area (Å²) in [6.45, 7) is 7.51. The highest BCUT2D eigenvalue weighted by atomic mass is 16.5. The van der Waals surface area contributed by atoms with Crippen molar-refractivity contribution >= 4 is 0 Å². The third-order valence-corrected chi connectivity index (χ3v) is 6.34. The van der Waals surface area contributed by atoms with E-state index in [0.717, 1.165) is 31.6 Å². The number of benzene rings is 1. The molecule has 0 spiro atoms. The zero-order valence-electron chi connectivity index (χ0n) is 15.0.